The van der Waals surface area contributed by atoms with E-state index in [1.54, 1.807) is 48.5 Å². The number of para-hydroxylation sites is 1. The third-order valence-corrected chi connectivity index (χ3v) is 7.77. The summed E-state index contributed by atoms with van der Waals surface area (Å²) < 4.78 is 0. The van der Waals surface area contributed by atoms with Crippen molar-refractivity contribution in [1.82, 2.24) is 4.90 Å². The average molecular weight is 549 g/mol. The molecule has 1 amide bonds. The lowest BCUT2D eigenvalue weighted by atomic mass is 9.94. The number of nitrogens with zero attached hydrogens (tertiary/aromatic N) is 2. The first-order valence-corrected chi connectivity index (χ1v) is 15.0. The van der Waals surface area contributed by atoms with E-state index >= 15 is 0 Å². The molecule has 1 saturated heterocycles. The number of rotatable bonds is 18. The number of hydrogen-bond donors (Lipinski definition) is 1. The highest BCUT2D eigenvalue weighted by molar-refractivity contribution is 6.46. The number of amides is 1. The van der Waals surface area contributed by atoms with Crippen LogP contribution in [0.15, 0.2) is 60.2 Å². The summed E-state index contributed by atoms with van der Waals surface area (Å²) in [4.78, 5) is 39.0. The van der Waals surface area contributed by atoms with Gasteiger partial charge in [-0.15, -0.1) is 0 Å². The zero-order valence-electron chi connectivity index (χ0n) is 23.9. The second-order valence-electron chi connectivity index (χ2n) is 10.8. The molecule has 216 valence electrons. The van der Waals surface area contributed by atoms with Crippen molar-refractivity contribution >= 4 is 23.1 Å². The lowest BCUT2D eigenvalue weighted by Crippen LogP contribution is -2.31. The molecule has 0 bridgehead atoms. The maximum absolute atomic E-state index is 13.2. The summed E-state index contributed by atoms with van der Waals surface area (Å²) in [6.07, 6.45) is 16.9. The lowest BCUT2D eigenvalue weighted by Gasteiger charge is -2.25. The van der Waals surface area contributed by atoms with Crippen LogP contribution in [0.3, 0.4) is 0 Å². The van der Waals surface area contributed by atoms with Crippen molar-refractivity contribution in [1.29, 1.82) is 0 Å². The van der Waals surface area contributed by atoms with Gasteiger partial charge in [0.1, 0.15) is 5.76 Å². The Bertz CT molecular complexity index is 1140. The number of aliphatic hydroxyl groups is 1. The fourth-order valence-corrected chi connectivity index (χ4v) is 5.55. The van der Waals surface area contributed by atoms with E-state index in [4.69, 9.17) is 0 Å². The Morgan fingerprint density at radius 2 is 1.27 bits per heavy atom. The molecule has 40 heavy (non-hydrogen) atoms. The van der Waals surface area contributed by atoms with Gasteiger partial charge in [0.15, 0.2) is 0 Å². The van der Waals surface area contributed by atoms with E-state index in [0.717, 1.165) is 19.3 Å². The number of ketones is 1. The Morgan fingerprint density at radius 3 is 1.82 bits per heavy atom. The first kappa shape index (κ1) is 31.1. The quantitative estimate of drug-likeness (QED) is 0.0502. The SMILES string of the molecule is CCCCCCCCCCCCCCCCN1C(=O)C(=O)/C(=C(\O)c2ccccc2)[C@@H]1c1ccccc1[N+](=O)[O-]. The molecule has 3 rings (SSSR count). The molecule has 2 aromatic carbocycles. The Balaban J connectivity index is 1.58. The van der Waals surface area contributed by atoms with E-state index in [1.807, 2.05) is 0 Å². The summed E-state index contributed by atoms with van der Waals surface area (Å²) in [7, 11) is 0. The van der Waals surface area contributed by atoms with Crippen molar-refractivity contribution in [3.8, 4) is 0 Å². The summed E-state index contributed by atoms with van der Waals surface area (Å²) in [6, 6.07) is 13.6. The zero-order valence-corrected chi connectivity index (χ0v) is 23.9. The van der Waals surface area contributed by atoms with Gasteiger partial charge in [-0.1, -0.05) is 133 Å². The first-order chi connectivity index (χ1) is 19.5. The monoisotopic (exact) mass is 548 g/mol. The van der Waals surface area contributed by atoms with E-state index in [-0.39, 0.29) is 22.6 Å². The molecule has 0 unspecified atom stereocenters. The molecule has 0 spiro atoms. The molecule has 2 aromatic rings. The summed E-state index contributed by atoms with van der Waals surface area (Å²) in [5.74, 6) is -1.85. The number of benzene rings is 2. The van der Waals surface area contributed by atoms with E-state index in [1.165, 1.54) is 75.2 Å². The van der Waals surface area contributed by atoms with Gasteiger partial charge in [-0.25, -0.2) is 0 Å². The normalized spacial score (nSPS) is 16.5. The van der Waals surface area contributed by atoms with Crippen molar-refractivity contribution in [2.24, 2.45) is 0 Å². The zero-order chi connectivity index (χ0) is 28.7. The Labute approximate surface area is 238 Å². The number of likely N-dealkylation sites (tertiary alicyclic amines) is 1. The van der Waals surface area contributed by atoms with Gasteiger partial charge in [-0.3, -0.25) is 19.7 Å². The number of unbranched alkanes of at least 4 members (excludes halogenated alkanes) is 13. The molecular formula is C33H44N2O5. The third-order valence-electron chi connectivity index (χ3n) is 7.77. The van der Waals surface area contributed by atoms with Gasteiger partial charge in [0.2, 0.25) is 0 Å². The van der Waals surface area contributed by atoms with Crippen LogP contribution in [-0.2, 0) is 9.59 Å². The maximum atomic E-state index is 13.2. The highest BCUT2D eigenvalue weighted by Gasteiger charge is 2.47. The molecule has 0 saturated carbocycles. The molecule has 0 aromatic heterocycles. The van der Waals surface area contributed by atoms with Crippen molar-refractivity contribution in [2.45, 2.75) is 103 Å². The van der Waals surface area contributed by atoms with Gasteiger partial charge in [0.25, 0.3) is 17.4 Å². The molecule has 1 aliphatic rings. The standard InChI is InChI=1S/C33H44N2O5/c1-2-3-4-5-6-7-8-9-10-11-12-13-14-20-25-34-30(27-23-18-19-24-28(27)35(39)40)29(32(37)33(34)38)31(36)26-21-16-15-17-22-26/h15-19,21-24,30,36H,2-14,20,25H2,1H3/b31-29-/t30-/m0/s1. The van der Waals surface area contributed by atoms with Gasteiger partial charge in [0, 0.05) is 18.2 Å². The second-order valence-corrected chi connectivity index (χ2v) is 10.8. The minimum atomic E-state index is -1.01. The molecule has 1 N–H and O–H groups in total. The number of carbonyl (C=O) groups is 2. The molecule has 1 aliphatic heterocycles. The van der Waals surface area contributed by atoms with Gasteiger partial charge >= 0.3 is 0 Å². The van der Waals surface area contributed by atoms with Crippen LogP contribution in [0.1, 0.15) is 114 Å². The number of nitro benzene ring substituents is 1. The third kappa shape index (κ3) is 8.51. The Hall–Kier alpha value is -3.48. The molecule has 7 nitrogen and oxygen atoms in total. The molecule has 0 radical (unpaired) electrons. The van der Waals surface area contributed by atoms with Crippen LogP contribution in [0.2, 0.25) is 0 Å². The van der Waals surface area contributed by atoms with Crippen molar-refractivity contribution in [3.63, 3.8) is 0 Å². The van der Waals surface area contributed by atoms with E-state index < -0.39 is 22.7 Å². The van der Waals surface area contributed by atoms with E-state index in [0.29, 0.717) is 18.5 Å². The number of Topliss-reactive ketones (excluding diaryl/α,β-unsaturated/α-hetero) is 1. The van der Waals surface area contributed by atoms with Gasteiger partial charge in [-0.2, -0.15) is 0 Å². The minimum Gasteiger partial charge on any atom is -0.507 e. The Kier molecular flexibility index (Phi) is 12.9. The number of nitro groups is 1. The predicted molar refractivity (Wildman–Crippen MR) is 159 cm³/mol. The first-order valence-electron chi connectivity index (χ1n) is 15.0. The second kappa shape index (κ2) is 16.6. The van der Waals surface area contributed by atoms with Crippen LogP contribution in [0.4, 0.5) is 5.69 Å². The van der Waals surface area contributed by atoms with Crippen molar-refractivity contribution in [2.75, 3.05) is 6.54 Å². The van der Waals surface area contributed by atoms with Gasteiger partial charge in [0.05, 0.1) is 22.1 Å². The van der Waals surface area contributed by atoms with Crippen LogP contribution < -0.4 is 0 Å². The maximum Gasteiger partial charge on any atom is 0.295 e. The van der Waals surface area contributed by atoms with Crippen LogP contribution in [-0.4, -0.2) is 33.2 Å². The molecule has 1 atom stereocenters. The lowest BCUT2D eigenvalue weighted by molar-refractivity contribution is -0.385. The molecular weight excluding hydrogens is 504 g/mol. The fourth-order valence-electron chi connectivity index (χ4n) is 5.55. The van der Waals surface area contributed by atoms with E-state index in [2.05, 4.69) is 6.92 Å². The topological polar surface area (TPSA) is 101 Å². The fraction of sp³-hybridized carbons (Fsp3) is 0.515. The summed E-state index contributed by atoms with van der Waals surface area (Å²) >= 11 is 0. The molecule has 7 heteroatoms. The van der Waals surface area contributed by atoms with Gasteiger partial charge in [-0.05, 0) is 12.5 Å². The van der Waals surface area contributed by atoms with Crippen LogP contribution >= 0.6 is 0 Å². The molecule has 0 aliphatic carbocycles. The minimum absolute atomic E-state index is 0.101. The largest absolute Gasteiger partial charge is 0.507 e. The summed E-state index contributed by atoms with van der Waals surface area (Å²) in [6.45, 7) is 2.54. The van der Waals surface area contributed by atoms with Crippen LogP contribution in [0, 0.1) is 10.1 Å². The Morgan fingerprint density at radius 1 is 0.775 bits per heavy atom. The predicted octanol–water partition coefficient (Wildman–Crippen LogP) is 8.50. The van der Waals surface area contributed by atoms with Crippen molar-refractivity contribution < 1.29 is 19.6 Å². The smallest absolute Gasteiger partial charge is 0.295 e. The van der Waals surface area contributed by atoms with Crippen molar-refractivity contribution in [3.05, 3.63) is 81.4 Å². The highest BCUT2D eigenvalue weighted by Crippen LogP contribution is 2.42. The summed E-state index contributed by atoms with van der Waals surface area (Å²) in [5.41, 5.74) is 0.338. The summed E-state index contributed by atoms with van der Waals surface area (Å²) in [5, 5.41) is 22.9. The number of aliphatic hydroxyl groups excluding tert-OH is 1. The number of hydrogen-bond acceptors (Lipinski definition) is 5. The van der Waals surface area contributed by atoms with Crippen LogP contribution in [0.25, 0.3) is 5.76 Å². The highest BCUT2D eigenvalue weighted by atomic mass is 16.6. The number of carbonyl (C=O) groups excluding carboxylic acids is 2. The van der Waals surface area contributed by atoms with E-state index in [9.17, 15) is 24.8 Å². The van der Waals surface area contributed by atoms with Gasteiger partial charge < -0.3 is 10.0 Å². The molecule has 1 heterocycles. The molecule has 1 fully saturated rings. The van der Waals surface area contributed by atoms with Crippen LogP contribution in [0.5, 0.6) is 0 Å². The average Bonchev–Trinajstić information content (AvgIpc) is 3.22.